The van der Waals surface area contributed by atoms with Crippen LogP contribution in [0, 0.1) is 5.82 Å². The van der Waals surface area contributed by atoms with Gasteiger partial charge in [-0.3, -0.25) is 4.79 Å². The van der Waals surface area contributed by atoms with Crippen LogP contribution in [0.25, 0.3) is 10.8 Å². The van der Waals surface area contributed by atoms with Gasteiger partial charge in [0.1, 0.15) is 5.82 Å². The summed E-state index contributed by atoms with van der Waals surface area (Å²) in [6, 6.07) is 10.6. The molecule has 7 heteroatoms. The van der Waals surface area contributed by atoms with Gasteiger partial charge in [-0.2, -0.15) is 0 Å². The van der Waals surface area contributed by atoms with Crippen LogP contribution in [0.5, 0.6) is 0 Å². The van der Waals surface area contributed by atoms with Crippen molar-refractivity contribution in [3.05, 3.63) is 64.6 Å². The number of carbonyl (C=O) groups excluding carboxylic acids is 1. The molecule has 1 aliphatic heterocycles. The molecular formula is C22H21ClFN3O2. The maximum Gasteiger partial charge on any atom is 0.256 e. The highest BCUT2D eigenvalue weighted by Gasteiger charge is 2.23. The highest BCUT2D eigenvalue weighted by molar-refractivity contribution is 6.31. The summed E-state index contributed by atoms with van der Waals surface area (Å²) in [6.07, 6.45) is 2.33. The molecule has 2 heterocycles. The number of rotatable bonds is 4. The largest absolute Gasteiger partial charge is 0.378 e. The maximum absolute atomic E-state index is 14.4. The Morgan fingerprint density at radius 3 is 2.76 bits per heavy atom. The number of fused-ring (bicyclic) bond motifs is 1. The lowest BCUT2D eigenvalue weighted by Crippen LogP contribution is -2.40. The number of carbonyl (C=O) groups is 1. The Hall–Kier alpha value is -2.70. The average Bonchev–Trinajstić information content (AvgIpc) is 2.76. The zero-order chi connectivity index (χ0) is 20.4. The Labute approximate surface area is 173 Å². The number of ether oxygens (including phenoxy) is 1. The van der Waals surface area contributed by atoms with Gasteiger partial charge in [-0.1, -0.05) is 42.8 Å². The van der Waals surface area contributed by atoms with Crippen molar-refractivity contribution in [1.29, 1.82) is 0 Å². The monoisotopic (exact) mass is 413 g/mol. The fourth-order valence-corrected chi connectivity index (χ4v) is 3.77. The van der Waals surface area contributed by atoms with E-state index in [2.05, 4.69) is 10.3 Å². The van der Waals surface area contributed by atoms with E-state index in [0.29, 0.717) is 37.7 Å². The third-order valence-electron chi connectivity index (χ3n) is 5.11. The number of aryl methyl sites for hydroxylation is 1. The fraction of sp³-hybridized carbons (Fsp3) is 0.273. The Balaban J connectivity index is 1.82. The Morgan fingerprint density at radius 2 is 2.00 bits per heavy atom. The summed E-state index contributed by atoms with van der Waals surface area (Å²) in [7, 11) is 0. The SMILES string of the molecule is CCc1cccc2c(Nc3cccc(Cl)c3F)ncc(C(=O)N3CCOCC3)c12. The summed E-state index contributed by atoms with van der Waals surface area (Å²) in [5.74, 6) is -0.119. The molecule has 29 heavy (non-hydrogen) atoms. The van der Waals surface area contributed by atoms with Gasteiger partial charge in [0.15, 0.2) is 5.82 Å². The molecule has 0 aliphatic carbocycles. The number of halogens is 2. The van der Waals surface area contributed by atoms with Gasteiger partial charge in [-0.25, -0.2) is 9.37 Å². The van der Waals surface area contributed by atoms with Crippen molar-refractivity contribution in [1.82, 2.24) is 9.88 Å². The van der Waals surface area contributed by atoms with E-state index in [0.717, 1.165) is 22.8 Å². The molecule has 2 aromatic carbocycles. The first kappa shape index (κ1) is 19.6. The number of hydrogen-bond donors (Lipinski definition) is 1. The summed E-state index contributed by atoms with van der Waals surface area (Å²) < 4.78 is 19.7. The number of aromatic nitrogens is 1. The molecule has 0 unspecified atom stereocenters. The Bertz CT molecular complexity index is 1070. The van der Waals surface area contributed by atoms with Crippen LogP contribution < -0.4 is 5.32 Å². The number of anilines is 2. The molecule has 3 aromatic rings. The average molecular weight is 414 g/mol. The molecule has 1 aliphatic rings. The number of hydrogen-bond acceptors (Lipinski definition) is 4. The van der Waals surface area contributed by atoms with E-state index in [9.17, 15) is 9.18 Å². The summed E-state index contributed by atoms with van der Waals surface area (Å²) in [5, 5.41) is 4.68. The smallest absolute Gasteiger partial charge is 0.256 e. The highest BCUT2D eigenvalue weighted by Crippen LogP contribution is 2.32. The van der Waals surface area contributed by atoms with Crippen molar-refractivity contribution in [2.75, 3.05) is 31.6 Å². The number of nitrogens with one attached hydrogen (secondary N) is 1. The van der Waals surface area contributed by atoms with Crippen molar-refractivity contribution in [3.8, 4) is 0 Å². The van der Waals surface area contributed by atoms with Crippen LogP contribution in [0.1, 0.15) is 22.8 Å². The Kier molecular flexibility index (Phi) is 5.65. The van der Waals surface area contributed by atoms with Crippen LogP contribution in [0.2, 0.25) is 5.02 Å². The summed E-state index contributed by atoms with van der Waals surface area (Å²) in [5.41, 5.74) is 1.83. The van der Waals surface area contributed by atoms with Crippen molar-refractivity contribution in [3.63, 3.8) is 0 Å². The van der Waals surface area contributed by atoms with Gasteiger partial charge in [0.2, 0.25) is 0 Å². The number of morpholine rings is 1. The fourth-order valence-electron chi connectivity index (χ4n) is 3.60. The van der Waals surface area contributed by atoms with E-state index in [1.165, 1.54) is 6.07 Å². The van der Waals surface area contributed by atoms with Gasteiger partial charge in [0, 0.05) is 30.1 Å². The molecule has 1 aromatic heterocycles. The summed E-state index contributed by atoms with van der Waals surface area (Å²) >= 11 is 5.90. The molecule has 5 nitrogen and oxygen atoms in total. The van der Waals surface area contributed by atoms with E-state index in [4.69, 9.17) is 16.3 Å². The second-order valence-electron chi connectivity index (χ2n) is 6.84. The number of pyridine rings is 1. The second-order valence-corrected chi connectivity index (χ2v) is 7.25. The zero-order valence-electron chi connectivity index (χ0n) is 16.0. The molecular weight excluding hydrogens is 393 g/mol. The molecule has 1 saturated heterocycles. The quantitative estimate of drug-likeness (QED) is 0.667. The molecule has 0 atom stereocenters. The minimum absolute atomic E-state index is 0.0349. The Morgan fingerprint density at radius 1 is 1.24 bits per heavy atom. The molecule has 4 rings (SSSR count). The molecule has 1 N–H and O–H groups in total. The first-order chi connectivity index (χ1) is 14.1. The van der Waals surface area contributed by atoms with Gasteiger partial charge >= 0.3 is 0 Å². The first-order valence-electron chi connectivity index (χ1n) is 9.58. The predicted octanol–water partition coefficient (Wildman–Crippen LogP) is 4.81. The van der Waals surface area contributed by atoms with Crippen molar-refractivity contribution in [2.45, 2.75) is 13.3 Å². The molecule has 1 amide bonds. The molecule has 150 valence electrons. The molecule has 0 spiro atoms. The molecule has 0 radical (unpaired) electrons. The molecule has 1 fully saturated rings. The highest BCUT2D eigenvalue weighted by atomic mass is 35.5. The van der Waals surface area contributed by atoms with Crippen LogP contribution in [0.15, 0.2) is 42.6 Å². The van der Waals surface area contributed by atoms with Crippen molar-refractivity contribution >= 4 is 39.8 Å². The van der Waals surface area contributed by atoms with Gasteiger partial charge < -0.3 is 15.0 Å². The van der Waals surface area contributed by atoms with Crippen molar-refractivity contribution < 1.29 is 13.9 Å². The first-order valence-corrected chi connectivity index (χ1v) is 9.96. The lowest BCUT2D eigenvalue weighted by Gasteiger charge is -2.27. The normalized spacial score (nSPS) is 14.2. The second kappa shape index (κ2) is 8.35. The van der Waals surface area contributed by atoms with Crippen LogP contribution >= 0.6 is 11.6 Å². The van der Waals surface area contributed by atoms with E-state index in [1.807, 2.05) is 25.1 Å². The topological polar surface area (TPSA) is 54.5 Å². The zero-order valence-corrected chi connectivity index (χ0v) is 16.8. The number of amides is 1. The number of benzene rings is 2. The lowest BCUT2D eigenvalue weighted by molar-refractivity contribution is 0.0304. The van der Waals surface area contributed by atoms with Gasteiger partial charge in [0.05, 0.1) is 29.5 Å². The van der Waals surface area contributed by atoms with E-state index in [1.54, 1.807) is 23.2 Å². The summed E-state index contributed by atoms with van der Waals surface area (Å²) in [4.78, 5) is 19.4. The third-order valence-corrected chi connectivity index (χ3v) is 5.40. The third kappa shape index (κ3) is 3.78. The van der Waals surface area contributed by atoms with Crippen LogP contribution in [0.4, 0.5) is 15.9 Å². The van der Waals surface area contributed by atoms with Crippen LogP contribution in [0.3, 0.4) is 0 Å². The predicted molar refractivity (Wildman–Crippen MR) is 113 cm³/mol. The molecule has 0 bridgehead atoms. The van der Waals surface area contributed by atoms with Crippen LogP contribution in [-0.2, 0) is 11.2 Å². The van der Waals surface area contributed by atoms with Gasteiger partial charge in [0.25, 0.3) is 5.91 Å². The van der Waals surface area contributed by atoms with E-state index >= 15 is 0 Å². The minimum atomic E-state index is -0.538. The standard InChI is InChI=1S/C22H21ClFN3O2/c1-2-14-5-3-6-15-19(14)16(22(28)27-9-11-29-12-10-27)13-25-21(15)26-18-8-4-7-17(23)20(18)24/h3-8,13H,2,9-12H2,1H3,(H,25,26). The van der Waals surface area contributed by atoms with Crippen LogP contribution in [-0.4, -0.2) is 42.1 Å². The maximum atomic E-state index is 14.4. The summed E-state index contributed by atoms with van der Waals surface area (Å²) in [6.45, 7) is 4.23. The van der Waals surface area contributed by atoms with E-state index < -0.39 is 5.82 Å². The van der Waals surface area contributed by atoms with E-state index in [-0.39, 0.29) is 16.6 Å². The number of nitrogens with zero attached hydrogens (tertiary/aromatic N) is 2. The van der Waals surface area contributed by atoms with Gasteiger partial charge in [-0.15, -0.1) is 0 Å². The van der Waals surface area contributed by atoms with Gasteiger partial charge in [-0.05, 0) is 24.1 Å². The lowest BCUT2D eigenvalue weighted by atomic mass is 9.98. The van der Waals surface area contributed by atoms with Crippen molar-refractivity contribution in [2.24, 2.45) is 0 Å². The molecule has 0 saturated carbocycles. The minimum Gasteiger partial charge on any atom is -0.378 e.